The van der Waals surface area contributed by atoms with Gasteiger partial charge in [-0.3, -0.25) is 4.79 Å². The molecule has 0 atom stereocenters. The number of amides is 1. The first kappa shape index (κ1) is 11.0. The number of anilines is 1. The Morgan fingerprint density at radius 1 is 1.25 bits per heavy atom. The van der Waals surface area contributed by atoms with E-state index in [9.17, 15) is 4.79 Å². The summed E-state index contributed by atoms with van der Waals surface area (Å²) in [5.74, 6) is 0.561. The normalized spacial score (nSPS) is 10.1. The quantitative estimate of drug-likeness (QED) is 0.937. The zero-order valence-corrected chi connectivity index (χ0v) is 10.0. The summed E-state index contributed by atoms with van der Waals surface area (Å²) >= 11 is 3.36. The van der Waals surface area contributed by atoms with Gasteiger partial charge >= 0.3 is 0 Å². The highest BCUT2D eigenvalue weighted by Gasteiger charge is 2.07. The minimum atomic E-state index is -0.0955. The summed E-state index contributed by atoms with van der Waals surface area (Å²) in [5, 5.41) is 2.80. The summed E-state index contributed by atoms with van der Waals surface area (Å²) in [6.07, 6.45) is 1.80. The van der Waals surface area contributed by atoms with E-state index in [4.69, 9.17) is 4.42 Å². The first-order valence-electron chi connectivity index (χ1n) is 4.82. The van der Waals surface area contributed by atoms with E-state index in [1.807, 2.05) is 24.3 Å². The van der Waals surface area contributed by atoms with E-state index in [0.717, 1.165) is 10.2 Å². The highest BCUT2D eigenvalue weighted by molar-refractivity contribution is 9.10. The molecule has 82 valence electrons. The third kappa shape index (κ3) is 2.73. The van der Waals surface area contributed by atoms with Crippen LogP contribution in [0.25, 0.3) is 0 Å². The van der Waals surface area contributed by atoms with Gasteiger partial charge in [-0.15, -0.1) is 0 Å². The Balaban J connectivity index is 2.00. The van der Waals surface area contributed by atoms with Crippen LogP contribution in [0.4, 0.5) is 5.69 Å². The molecule has 0 radical (unpaired) electrons. The Bertz CT molecular complexity index is 480. The fourth-order valence-electron chi connectivity index (χ4n) is 1.33. The highest BCUT2D eigenvalue weighted by atomic mass is 79.9. The van der Waals surface area contributed by atoms with E-state index in [-0.39, 0.29) is 12.3 Å². The number of carbonyl (C=O) groups excluding carboxylic acids is 1. The predicted molar refractivity (Wildman–Crippen MR) is 65.2 cm³/mol. The summed E-state index contributed by atoms with van der Waals surface area (Å²) in [4.78, 5) is 11.6. The van der Waals surface area contributed by atoms with Crippen LogP contribution >= 0.6 is 15.9 Å². The number of furan rings is 1. The molecule has 1 aromatic carbocycles. The fraction of sp³-hybridized carbons (Fsp3) is 0.0833. The molecule has 0 saturated heterocycles. The van der Waals surface area contributed by atoms with Gasteiger partial charge in [0.05, 0.1) is 18.4 Å². The Morgan fingerprint density at radius 3 is 2.75 bits per heavy atom. The lowest BCUT2D eigenvalue weighted by Crippen LogP contribution is -2.14. The van der Waals surface area contributed by atoms with Gasteiger partial charge in [0.25, 0.3) is 0 Å². The van der Waals surface area contributed by atoms with Gasteiger partial charge in [-0.25, -0.2) is 0 Å². The van der Waals surface area contributed by atoms with Gasteiger partial charge in [-0.2, -0.15) is 0 Å². The Hall–Kier alpha value is -1.55. The monoisotopic (exact) mass is 279 g/mol. The van der Waals surface area contributed by atoms with E-state index in [1.54, 1.807) is 18.4 Å². The Kier molecular flexibility index (Phi) is 3.41. The summed E-state index contributed by atoms with van der Waals surface area (Å²) in [6.45, 7) is 0. The number of carbonyl (C=O) groups is 1. The number of halogens is 1. The molecule has 0 spiro atoms. The van der Waals surface area contributed by atoms with Gasteiger partial charge < -0.3 is 9.73 Å². The molecule has 16 heavy (non-hydrogen) atoms. The zero-order chi connectivity index (χ0) is 11.4. The van der Waals surface area contributed by atoms with Gasteiger partial charge in [0.2, 0.25) is 5.91 Å². The largest absolute Gasteiger partial charge is 0.469 e. The number of benzene rings is 1. The molecule has 0 aliphatic rings. The lowest BCUT2D eigenvalue weighted by atomic mass is 10.3. The second-order valence-corrected chi connectivity index (χ2v) is 4.14. The van der Waals surface area contributed by atoms with Crippen molar-refractivity contribution in [3.63, 3.8) is 0 Å². The molecule has 1 heterocycles. The predicted octanol–water partition coefficient (Wildman–Crippen LogP) is 3.22. The van der Waals surface area contributed by atoms with E-state index < -0.39 is 0 Å². The molecule has 0 unspecified atom stereocenters. The van der Waals surface area contributed by atoms with Crippen molar-refractivity contribution in [2.45, 2.75) is 6.42 Å². The molecular weight excluding hydrogens is 270 g/mol. The van der Waals surface area contributed by atoms with Crippen molar-refractivity contribution in [2.75, 3.05) is 5.32 Å². The first-order chi connectivity index (χ1) is 7.75. The van der Waals surface area contributed by atoms with Gasteiger partial charge in [0, 0.05) is 4.47 Å². The van der Waals surface area contributed by atoms with Crippen LogP contribution in [0, 0.1) is 0 Å². The van der Waals surface area contributed by atoms with E-state index >= 15 is 0 Å². The molecule has 0 aliphatic heterocycles. The van der Waals surface area contributed by atoms with Crippen LogP contribution in [0.5, 0.6) is 0 Å². The van der Waals surface area contributed by atoms with Crippen LogP contribution in [0.3, 0.4) is 0 Å². The molecule has 3 nitrogen and oxygen atoms in total. The van der Waals surface area contributed by atoms with Crippen molar-refractivity contribution >= 4 is 27.5 Å². The average Bonchev–Trinajstić information content (AvgIpc) is 2.74. The van der Waals surface area contributed by atoms with Gasteiger partial charge in [-0.1, -0.05) is 12.1 Å². The lowest BCUT2D eigenvalue weighted by molar-refractivity contribution is -0.115. The number of hydrogen-bond acceptors (Lipinski definition) is 2. The van der Waals surface area contributed by atoms with Crippen LogP contribution in [0.15, 0.2) is 51.6 Å². The van der Waals surface area contributed by atoms with Crippen molar-refractivity contribution < 1.29 is 9.21 Å². The highest BCUT2D eigenvalue weighted by Crippen LogP contribution is 2.21. The van der Waals surface area contributed by atoms with Gasteiger partial charge in [0.15, 0.2) is 0 Å². The maximum absolute atomic E-state index is 11.6. The zero-order valence-electron chi connectivity index (χ0n) is 8.44. The Labute approximate surface area is 102 Å². The molecule has 2 rings (SSSR count). The molecular formula is C12H10BrNO2. The van der Waals surface area contributed by atoms with Crippen molar-refractivity contribution in [1.82, 2.24) is 0 Å². The molecule has 1 amide bonds. The number of hydrogen-bond donors (Lipinski definition) is 1. The lowest BCUT2D eigenvalue weighted by Gasteiger charge is -2.05. The number of para-hydroxylation sites is 1. The number of nitrogens with one attached hydrogen (secondary N) is 1. The average molecular weight is 280 g/mol. The third-order valence-electron chi connectivity index (χ3n) is 2.06. The standard InChI is InChI=1S/C12H10BrNO2/c13-10-5-1-2-6-11(10)14-12(15)8-9-4-3-7-16-9/h1-7H,8H2,(H,14,15). The van der Waals surface area contributed by atoms with Crippen LogP contribution in [-0.4, -0.2) is 5.91 Å². The van der Waals surface area contributed by atoms with Crippen LogP contribution in [0.2, 0.25) is 0 Å². The maximum Gasteiger partial charge on any atom is 0.232 e. The van der Waals surface area contributed by atoms with E-state index in [0.29, 0.717) is 5.76 Å². The SMILES string of the molecule is O=C(Cc1ccco1)Nc1ccccc1Br. The minimum absolute atomic E-state index is 0.0955. The minimum Gasteiger partial charge on any atom is -0.469 e. The molecule has 0 bridgehead atoms. The second-order valence-electron chi connectivity index (χ2n) is 3.28. The maximum atomic E-state index is 11.6. The van der Waals surface area contributed by atoms with Gasteiger partial charge in [-0.05, 0) is 40.2 Å². The van der Waals surface area contributed by atoms with Crippen LogP contribution in [0.1, 0.15) is 5.76 Å². The summed E-state index contributed by atoms with van der Waals surface area (Å²) in [6, 6.07) is 11.0. The van der Waals surface area contributed by atoms with Gasteiger partial charge in [0.1, 0.15) is 5.76 Å². The molecule has 2 aromatic rings. The smallest absolute Gasteiger partial charge is 0.232 e. The molecule has 1 aromatic heterocycles. The van der Waals surface area contributed by atoms with Crippen LogP contribution in [-0.2, 0) is 11.2 Å². The van der Waals surface area contributed by atoms with Crippen molar-refractivity contribution in [2.24, 2.45) is 0 Å². The molecule has 0 fully saturated rings. The fourth-order valence-corrected chi connectivity index (χ4v) is 1.71. The number of rotatable bonds is 3. The summed E-state index contributed by atoms with van der Waals surface area (Å²) in [7, 11) is 0. The molecule has 4 heteroatoms. The van der Waals surface area contributed by atoms with Crippen molar-refractivity contribution in [3.8, 4) is 0 Å². The summed E-state index contributed by atoms with van der Waals surface area (Å²) < 4.78 is 5.96. The van der Waals surface area contributed by atoms with E-state index in [2.05, 4.69) is 21.2 Å². The second kappa shape index (κ2) is 4.99. The topological polar surface area (TPSA) is 42.2 Å². The molecule has 0 aliphatic carbocycles. The third-order valence-corrected chi connectivity index (χ3v) is 2.75. The first-order valence-corrected chi connectivity index (χ1v) is 5.62. The van der Waals surface area contributed by atoms with Crippen LogP contribution < -0.4 is 5.32 Å². The van der Waals surface area contributed by atoms with E-state index in [1.165, 1.54) is 0 Å². The Morgan fingerprint density at radius 2 is 2.06 bits per heavy atom. The molecule has 1 N–H and O–H groups in total. The van der Waals surface area contributed by atoms with Crippen molar-refractivity contribution in [3.05, 3.63) is 52.9 Å². The van der Waals surface area contributed by atoms with Crippen molar-refractivity contribution in [1.29, 1.82) is 0 Å². The molecule has 0 saturated carbocycles. The summed E-state index contributed by atoms with van der Waals surface area (Å²) in [5.41, 5.74) is 0.763.